The summed E-state index contributed by atoms with van der Waals surface area (Å²) in [5, 5.41) is 7.91. The van der Waals surface area contributed by atoms with E-state index in [-0.39, 0.29) is 23.5 Å². The van der Waals surface area contributed by atoms with Crippen molar-refractivity contribution < 1.29 is 23.9 Å². The van der Waals surface area contributed by atoms with Crippen LogP contribution >= 0.6 is 22.9 Å². The van der Waals surface area contributed by atoms with Gasteiger partial charge in [0.05, 0.1) is 23.4 Å². The molecule has 10 heteroatoms. The van der Waals surface area contributed by atoms with Gasteiger partial charge in [0.2, 0.25) is 5.91 Å². The van der Waals surface area contributed by atoms with Gasteiger partial charge in [-0.2, -0.15) is 0 Å². The van der Waals surface area contributed by atoms with Crippen molar-refractivity contribution in [1.82, 2.24) is 4.90 Å². The maximum atomic E-state index is 12.9. The molecular formula is C31H30ClN3O5S. The van der Waals surface area contributed by atoms with E-state index in [0.717, 1.165) is 26.2 Å². The summed E-state index contributed by atoms with van der Waals surface area (Å²) in [5.41, 5.74) is 2.74. The molecule has 0 spiro atoms. The number of nitrogens with one attached hydrogen (secondary N) is 2. The van der Waals surface area contributed by atoms with E-state index in [1.807, 2.05) is 48.5 Å². The molecule has 1 saturated heterocycles. The van der Waals surface area contributed by atoms with Gasteiger partial charge in [0.25, 0.3) is 0 Å². The highest BCUT2D eigenvalue weighted by Crippen LogP contribution is 2.42. The lowest BCUT2D eigenvalue weighted by molar-refractivity contribution is -0.116. The largest absolute Gasteiger partial charge is 0.496 e. The highest BCUT2D eigenvalue weighted by Gasteiger charge is 2.24. The van der Waals surface area contributed by atoms with Crippen molar-refractivity contribution >= 4 is 62.0 Å². The molecule has 3 aromatic carbocycles. The van der Waals surface area contributed by atoms with Crippen LogP contribution in [0.5, 0.6) is 5.75 Å². The van der Waals surface area contributed by atoms with E-state index in [1.54, 1.807) is 6.07 Å². The summed E-state index contributed by atoms with van der Waals surface area (Å²) < 4.78 is 12.1. The molecule has 1 aromatic heterocycles. The van der Waals surface area contributed by atoms with Crippen molar-refractivity contribution in [3.8, 4) is 16.9 Å². The van der Waals surface area contributed by atoms with E-state index in [2.05, 4.69) is 21.6 Å². The molecule has 1 fully saturated rings. The minimum absolute atomic E-state index is 0.192. The molecule has 1 aliphatic rings. The number of aldehydes is 1. The molecule has 41 heavy (non-hydrogen) atoms. The SMILES string of the molecule is COc1cc(NC(=O)CCN2CCC(OC(=O)Nc3sc4ccccc4c3-c3ccccc3)CC2)c(Cl)cc1C=O. The predicted molar refractivity (Wildman–Crippen MR) is 163 cm³/mol. The molecule has 0 bridgehead atoms. The third kappa shape index (κ3) is 6.87. The van der Waals surface area contributed by atoms with Crippen LogP contribution in [0.1, 0.15) is 29.6 Å². The average molecular weight is 592 g/mol. The molecule has 5 rings (SSSR count). The van der Waals surface area contributed by atoms with Crippen molar-refractivity contribution in [1.29, 1.82) is 0 Å². The number of piperidine rings is 1. The Labute approximate surface area is 247 Å². The number of benzene rings is 3. The van der Waals surface area contributed by atoms with Gasteiger partial charge in [0.1, 0.15) is 16.9 Å². The Bertz CT molecular complexity index is 1550. The van der Waals surface area contributed by atoms with E-state index in [4.69, 9.17) is 21.1 Å². The number of carbonyl (C=O) groups excluding carboxylic acids is 3. The van der Waals surface area contributed by atoms with Crippen molar-refractivity contribution in [2.45, 2.75) is 25.4 Å². The number of fused-ring (bicyclic) bond motifs is 1. The number of methoxy groups -OCH3 is 1. The van der Waals surface area contributed by atoms with Crippen LogP contribution in [0.2, 0.25) is 5.02 Å². The van der Waals surface area contributed by atoms with Gasteiger partial charge in [0.15, 0.2) is 6.29 Å². The number of nitrogens with zero attached hydrogens (tertiary/aromatic N) is 1. The monoisotopic (exact) mass is 591 g/mol. The number of rotatable bonds is 9. The average Bonchev–Trinajstić information content (AvgIpc) is 3.35. The van der Waals surface area contributed by atoms with Crippen LogP contribution in [0.4, 0.5) is 15.5 Å². The van der Waals surface area contributed by atoms with Crippen LogP contribution in [0.25, 0.3) is 21.2 Å². The van der Waals surface area contributed by atoms with E-state index in [9.17, 15) is 14.4 Å². The molecule has 0 radical (unpaired) electrons. The van der Waals surface area contributed by atoms with Crippen LogP contribution < -0.4 is 15.4 Å². The molecule has 4 aromatic rings. The lowest BCUT2D eigenvalue weighted by atomic mass is 10.0. The number of likely N-dealkylation sites (tertiary alicyclic amines) is 1. The second-order valence-corrected chi connectivity index (χ2v) is 11.2. The quantitative estimate of drug-likeness (QED) is 0.202. The summed E-state index contributed by atoms with van der Waals surface area (Å²) in [6, 6.07) is 21.1. The first-order valence-electron chi connectivity index (χ1n) is 13.3. The second kappa shape index (κ2) is 13.2. The first-order valence-corrected chi connectivity index (χ1v) is 14.5. The maximum Gasteiger partial charge on any atom is 0.412 e. The Morgan fingerprint density at radius 3 is 2.51 bits per heavy atom. The predicted octanol–water partition coefficient (Wildman–Crippen LogP) is 7.08. The normalized spacial score (nSPS) is 14.0. The molecule has 8 nitrogen and oxygen atoms in total. The number of amides is 2. The van der Waals surface area contributed by atoms with Gasteiger partial charge in [0, 0.05) is 47.8 Å². The number of ether oxygens (including phenoxy) is 2. The summed E-state index contributed by atoms with van der Waals surface area (Å²) >= 11 is 7.75. The molecule has 1 aliphatic heterocycles. The number of carbonyl (C=O) groups is 3. The molecule has 2 amide bonds. The Balaban J connectivity index is 1.11. The van der Waals surface area contributed by atoms with Crippen LogP contribution in [0, 0.1) is 0 Å². The fraction of sp³-hybridized carbons (Fsp3) is 0.258. The van der Waals surface area contributed by atoms with Crippen molar-refractivity contribution in [2.75, 3.05) is 37.4 Å². The minimum Gasteiger partial charge on any atom is -0.496 e. The van der Waals surface area contributed by atoms with Gasteiger partial charge in [-0.25, -0.2) is 4.79 Å². The number of thiophene rings is 1. The number of hydrogen-bond acceptors (Lipinski definition) is 7. The molecule has 2 N–H and O–H groups in total. The molecule has 0 atom stereocenters. The number of hydrogen-bond donors (Lipinski definition) is 2. The van der Waals surface area contributed by atoms with Gasteiger partial charge < -0.3 is 19.7 Å². The summed E-state index contributed by atoms with van der Waals surface area (Å²) in [4.78, 5) is 38.8. The maximum absolute atomic E-state index is 12.9. The Hall–Kier alpha value is -3.92. The Kier molecular flexibility index (Phi) is 9.18. The highest BCUT2D eigenvalue weighted by molar-refractivity contribution is 7.23. The molecule has 212 valence electrons. The topological polar surface area (TPSA) is 97.0 Å². The van der Waals surface area contributed by atoms with Crippen LogP contribution in [0.15, 0.2) is 66.7 Å². The van der Waals surface area contributed by atoms with E-state index < -0.39 is 6.09 Å². The lowest BCUT2D eigenvalue weighted by Gasteiger charge is -2.31. The second-order valence-electron chi connectivity index (χ2n) is 9.73. The summed E-state index contributed by atoms with van der Waals surface area (Å²) in [6.07, 6.45) is 1.64. The van der Waals surface area contributed by atoms with Crippen molar-refractivity contribution in [3.63, 3.8) is 0 Å². The van der Waals surface area contributed by atoms with E-state index in [0.29, 0.717) is 55.8 Å². The zero-order chi connectivity index (χ0) is 28.8. The van der Waals surface area contributed by atoms with E-state index in [1.165, 1.54) is 24.5 Å². The van der Waals surface area contributed by atoms with Crippen molar-refractivity contribution in [3.05, 3.63) is 77.3 Å². The van der Waals surface area contributed by atoms with Crippen LogP contribution in [-0.2, 0) is 9.53 Å². The van der Waals surface area contributed by atoms with E-state index >= 15 is 0 Å². The molecule has 0 saturated carbocycles. The Morgan fingerprint density at radius 1 is 1.05 bits per heavy atom. The molecule has 2 heterocycles. The zero-order valence-electron chi connectivity index (χ0n) is 22.5. The molecule has 0 aliphatic carbocycles. The summed E-state index contributed by atoms with van der Waals surface area (Å²) in [5.74, 6) is 0.151. The minimum atomic E-state index is -0.459. The number of anilines is 2. The van der Waals surface area contributed by atoms with Gasteiger partial charge in [-0.15, -0.1) is 11.3 Å². The third-order valence-electron chi connectivity index (χ3n) is 7.06. The van der Waals surface area contributed by atoms with Gasteiger partial charge in [-0.3, -0.25) is 14.9 Å². The van der Waals surface area contributed by atoms with Crippen LogP contribution in [0.3, 0.4) is 0 Å². The number of halogens is 1. The van der Waals surface area contributed by atoms with Crippen LogP contribution in [-0.4, -0.2) is 56.0 Å². The first kappa shape index (κ1) is 28.6. The fourth-order valence-electron chi connectivity index (χ4n) is 4.95. The highest BCUT2D eigenvalue weighted by atomic mass is 35.5. The summed E-state index contributed by atoms with van der Waals surface area (Å²) in [7, 11) is 1.45. The van der Waals surface area contributed by atoms with Gasteiger partial charge >= 0.3 is 6.09 Å². The molecular weight excluding hydrogens is 562 g/mol. The standard InChI is InChI=1S/C31H30ClN3O5S/c1-39-26-18-25(24(32)17-21(26)19-36)33-28(37)13-16-35-14-11-22(12-15-35)40-31(38)34-30-29(20-7-3-2-4-8-20)23-9-5-6-10-27(23)41-30/h2-10,17-19,22H,11-16H2,1H3,(H,33,37)(H,34,38). The van der Waals surface area contributed by atoms with Gasteiger partial charge in [-0.05, 0) is 30.5 Å². The van der Waals surface area contributed by atoms with Gasteiger partial charge in [-0.1, -0.05) is 60.1 Å². The first-order chi connectivity index (χ1) is 19.9. The Morgan fingerprint density at radius 2 is 1.78 bits per heavy atom. The molecule has 0 unspecified atom stereocenters. The zero-order valence-corrected chi connectivity index (χ0v) is 24.1. The third-order valence-corrected chi connectivity index (χ3v) is 8.46. The lowest BCUT2D eigenvalue weighted by Crippen LogP contribution is -2.39. The van der Waals surface area contributed by atoms with Crippen molar-refractivity contribution in [2.24, 2.45) is 0 Å². The fourth-order valence-corrected chi connectivity index (χ4v) is 6.29. The summed E-state index contributed by atoms with van der Waals surface area (Å²) in [6.45, 7) is 1.99. The smallest absolute Gasteiger partial charge is 0.412 e.